The Morgan fingerprint density at radius 1 is 1.37 bits per heavy atom. The summed E-state index contributed by atoms with van der Waals surface area (Å²) >= 11 is 6.21. The molecule has 162 valence electrons. The standard InChI is InChI=1S/C21H26ClN3O5/c1-3-11(10-26)25-17(19(28)24-13-7-5-4-6-12(13)22)21-9-8-14(30-21)15(18(27)23-2)16(21)20(25)29/h4-7,11,14-17,26H,3,8-10H2,1-2H3,(H,23,27)(H,24,28)/t11-,14+,15-,16-,17?,21?/m0/s1. The molecule has 3 saturated heterocycles. The number of aliphatic hydroxyl groups is 1. The molecule has 4 rings (SSSR count). The Kier molecular flexibility index (Phi) is 5.50. The summed E-state index contributed by atoms with van der Waals surface area (Å²) in [6.07, 6.45) is 1.17. The molecule has 0 radical (unpaired) electrons. The van der Waals surface area contributed by atoms with E-state index in [-0.39, 0.29) is 18.4 Å². The molecule has 3 aliphatic heterocycles. The van der Waals surface area contributed by atoms with Crippen LogP contribution >= 0.6 is 11.6 Å². The van der Waals surface area contributed by atoms with Gasteiger partial charge in [-0.1, -0.05) is 30.7 Å². The zero-order valence-corrected chi connectivity index (χ0v) is 17.7. The highest BCUT2D eigenvalue weighted by Gasteiger charge is 2.74. The molecular weight excluding hydrogens is 410 g/mol. The fourth-order valence-corrected chi connectivity index (χ4v) is 5.61. The molecule has 1 spiro atoms. The van der Waals surface area contributed by atoms with E-state index in [1.165, 1.54) is 11.9 Å². The molecule has 1 aromatic rings. The van der Waals surface area contributed by atoms with Gasteiger partial charge in [0.25, 0.3) is 0 Å². The van der Waals surface area contributed by atoms with Crippen molar-refractivity contribution < 1.29 is 24.2 Å². The van der Waals surface area contributed by atoms with Gasteiger partial charge in [0.15, 0.2) is 0 Å². The van der Waals surface area contributed by atoms with Gasteiger partial charge in [-0.25, -0.2) is 0 Å². The Balaban J connectivity index is 1.76. The lowest BCUT2D eigenvalue weighted by Gasteiger charge is -2.36. The van der Waals surface area contributed by atoms with Crippen LogP contribution < -0.4 is 10.6 Å². The van der Waals surface area contributed by atoms with Crippen molar-refractivity contribution in [2.75, 3.05) is 19.0 Å². The number of para-hydroxylation sites is 1. The van der Waals surface area contributed by atoms with Crippen molar-refractivity contribution in [3.05, 3.63) is 29.3 Å². The first kappa shape index (κ1) is 21.1. The van der Waals surface area contributed by atoms with E-state index in [0.717, 1.165) is 0 Å². The molecule has 2 unspecified atom stereocenters. The maximum absolute atomic E-state index is 13.5. The van der Waals surface area contributed by atoms with Gasteiger partial charge in [-0.15, -0.1) is 0 Å². The van der Waals surface area contributed by atoms with Crippen LogP contribution in [0.3, 0.4) is 0 Å². The van der Waals surface area contributed by atoms with Gasteiger partial charge in [0.1, 0.15) is 11.6 Å². The lowest BCUT2D eigenvalue weighted by atomic mass is 9.70. The molecule has 30 heavy (non-hydrogen) atoms. The number of hydrogen-bond donors (Lipinski definition) is 3. The molecule has 0 aromatic heterocycles. The zero-order valence-electron chi connectivity index (χ0n) is 16.9. The van der Waals surface area contributed by atoms with Gasteiger partial charge in [-0.2, -0.15) is 0 Å². The van der Waals surface area contributed by atoms with Gasteiger partial charge in [-0.05, 0) is 31.4 Å². The fraction of sp³-hybridized carbons (Fsp3) is 0.571. The number of hydrogen-bond acceptors (Lipinski definition) is 5. The lowest BCUT2D eigenvalue weighted by Crippen LogP contribution is -2.56. The second-order valence-corrected chi connectivity index (χ2v) is 8.54. The third-order valence-electron chi connectivity index (χ3n) is 6.74. The average Bonchev–Trinajstić information content (AvgIpc) is 3.38. The van der Waals surface area contributed by atoms with Gasteiger partial charge < -0.3 is 25.4 Å². The van der Waals surface area contributed by atoms with Crippen molar-refractivity contribution >= 4 is 35.0 Å². The number of benzene rings is 1. The first-order chi connectivity index (χ1) is 14.4. The Morgan fingerprint density at radius 3 is 2.73 bits per heavy atom. The Hall–Kier alpha value is -2.16. The SMILES string of the molecule is CC[C@@H](CO)N1C(=O)[C@@H]2[C@@H](C(=O)NC)[C@H]3CCC2(O3)C1C(=O)Nc1ccccc1Cl. The highest BCUT2D eigenvalue weighted by molar-refractivity contribution is 6.33. The number of rotatable bonds is 6. The molecule has 3 heterocycles. The minimum atomic E-state index is -1.09. The number of nitrogens with one attached hydrogen (secondary N) is 2. The molecule has 3 aliphatic rings. The number of fused-ring (bicyclic) bond motifs is 1. The Bertz CT molecular complexity index is 876. The molecule has 3 fully saturated rings. The summed E-state index contributed by atoms with van der Waals surface area (Å²) in [7, 11) is 1.53. The molecule has 9 heteroatoms. The van der Waals surface area contributed by atoms with Crippen LogP contribution in [0.2, 0.25) is 5.02 Å². The quantitative estimate of drug-likeness (QED) is 0.621. The summed E-state index contributed by atoms with van der Waals surface area (Å²) in [6, 6.07) is 5.35. The number of likely N-dealkylation sites (tertiary alicyclic amines) is 1. The minimum Gasteiger partial charge on any atom is -0.394 e. The molecule has 8 nitrogen and oxygen atoms in total. The van der Waals surface area contributed by atoms with Crippen LogP contribution in [0.1, 0.15) is 26.2 Å². The molecule has 0 saturated carbocycles. The van der Waals surface area contributed by atoms with E-state index >= 15 is 0 Å². The van der Waals surface area contributed by atoms with Crippen molar-refractivity contribution in [3.63, 3.8) is 0 Å². The highest BCUT2D eigenvalue weighted by Crippen LogP contribution is 2.58. The van der Waals surface area contributed by atoms with Crippen LogP contribution in [-0.2, 0) is 19.1 Å². The van der Waals surface area contributed by atoms with Gasteiger partial charge in [0, 0.05) is 7.05 Å². The smallest absolute Gasteiger partial charge is 0.250 e. The number of ether oxygens (including phenoxy) is 1. The van der Waals surface area contributed by atoms with Gasteiger partial charge in [-0.3, -0.25) is 14.4 Å². The van der Waals surface area contributed by atoms with Crippen LogP contribution in [0, 0.1) is 11.8 Å². The summed E-state index contributed by atoms with van der Waals surface area (Å²) in [6.45, 7) is 1.56. The molecule has 3 amide bonds. The van der Waals surface area contributed by atoms with E-state index in [0.29, 0.717) is 30.0 Å². The van der Waals surface area contributed by atoms with Crippen molar-refractivity contribution in [2.24, 2.45) is 11.8 Å². The maximum Gasteiger partial charge on any atom is 0.250 e. The molecule has 3 N–H and O–H groups in total. The van der Waals surface area contributed by atoms with E-state index in [2.05, 4.69) is 10.6 Å². The Morgan fingerprint density at radius 2 is 2.10 bits per heavy atom. The van der Waals surface area contributed by atoms with E-state index in [9.17, 15) is 19.5 Å². The lowest BCUT2D eigenvalue weighted by molar-refractivity contribution is -0.144. The molecular formula is C21H26ClN3O5. The Labute approximate surface area is 179 Å². The normalized spacial score (nSPS) is 32.8. The molecule has 1 aromatic carbocycles. The zero-order chi connectivity index (χ0) is 21.6. The van der Waals surface area contributed by atoms with E-state index < -0.39 is 41.5 Å². The van der Waals surface area contributed by atoms with Crippen molar-refractivity contribution in [3.8, 4) is 0 Å². The maximum atomic E-state index is 13.5. The summed E-state index contributed by atoms with van der Waals surface area (Å²) in [5, 5.41) is 15.8. The third-order valence-corrected chi connectivity index (χ3v) is 7.07. The monoisotopic (exact) mass is 435 g/mol. The second kappa shape index (κ2) is 7.83. The fourth-order valence-electron chi connectivity index (χ4n) is 5.43. The number of anilines is 1. The van der Waals surface area contributed by atoms with Gasteiger partial charge in [0.05, 0.1) is 41.3 Å². The number of halogens is 1. The molecule has 0 aliphatic carbocycles. The van der Waals surface area contributed by atoms with E-state index in [1.807, 2.05) is 6.92 Å². The van der Waals surface area contributed by atoms with Crippen molar-refractivity contribution in [2.45, 2.75) is 50.0 Å². The van der Waals surface area contributed by atoms with Crippen LogP contribution in [0.5, 0.6) is 0 Å². The summed E-state index contributed by atoms with van der Waals surface area (Å²) in [5.74, 6) is -2.40. The van der Waals surface area contributed by atoms with Gasteiger partial charge in [0.2, 0.25) is 17.7 Å². The predicted molar refractivity (Wildman–Crippen MR) is 110 cm³/mol. The third kappa shape index (κ3) is 2.92. The number of aliphatic hydroxyl groups excluding tert-OH is 1. The first-order valence-electron chi connectivity index (χ1n) is 10.3. The van der Waals surface area contributed by atoms with E-state index in [4.69, 9.17) is 16.3 Å². The van der Waals surface area contributed by atoms with Crippen LogP contribution in [0.4, 0.5) is 5.69 Å². The topological polar surface area (TPSA) is 108 Å². The molecule has 6 atom stereocenters. The van der Waals surface area contributed by atoms with Gasteiger partial charge >= 0.3 is 0 Å². The summed E-state index contributed by atoms with van der Waals surface area (Å²) < 4.78 is 6.26. The van der Waals surface area contributed by atoms with Crippen molar-refractivity contribution in [1.82, 2.24) is 10.2 Å². The summed E-state index contributed by atoms with van der Waals surface area (Å²) in [4.78, 5) is 41.1. The van der Waals surface area contributed by atoms with Crippen LogP contribution in [-0.4, -0.2) is 65.2 Å². The van der Waals surface area contributed by atoms with Crippen LogP contribution in [0.25, 0.3) is 0 Å². The average molecular weight is 436 g/mol. The molecule has 2 bridgehead atoms. The highest BCUT2D eigenvalue weighted by atomic mass is 35.5. The predicted octanol–water partition coefficient (Wildman–Crippen LogP) is 1.17. The number of carbonyl (C=O) groups is 3. The second-order valence-electron chi connectivity index (χ2n) is 8.13. The minimum absolute atomic E-state index is 0.260. The van der Waals surface area contributed by atoms with E-state index in [1.54, 1.807) is 24.3 Å². The number of carbonyl (C=O) groups excluding carboxylic acids is 3. The van der Waals surface area contributed by atoms with Crippen molar-refractivity contribution in [1.29, 1.82) is 0 Å². The number of nitrogens with zero attached hydrogens (tertiary/aromatic N) is 1. The largest absolute Gasteiger partial charge is 0.394 e. The number of amides is 3. The van der Waals surface area contributed by atoms with Crippen LogP contribution in [0.15, 0.2) is 24.3 Å². The first-order valence-corrected chi connectivity index (χ1v) is 10.6. The summed E-state index contributed by atoms with van der Waals surface area (Å²) in [5.41, 5.74) is -0.656.